The summed E-state index contributed by atoms with van der Waals surface area (Å²) < 4.78 is 0. The van der Waals surface area contributed by atoms with Gasteiger partial charge in [0.15, 0.2) is 11.6 Å². The summed E-state index contributed by atoms with van der Waals surface area (Å²) in [5.74, 6) is -0.143. The average molecular weight is 248 g/mol. The Morgan fingerprint density at radius 3 is 2.11 bits per heavy atom. The predicted octanol–water partition coefficient (Wildman–Crippen LogP) is 3.50. The van der Waals surface area contributed by atoms with Gasteiger partial charge in [0.2, 0.25) is 0 Å². The maximum absolute atomic E-state index is 12.6. The van der Waals surface area contributed by atoms with Gasteiger partial charge >= 0.3 is 0 Å². The van der Waals surface area contributed by atoms with Crippen LogP contribution in [-0.2, 0) is 0 Å². The Morgan fingerprint density at radius 1 is 0.789 bits per heavy atom. The number of ketones is 2. The van der Waals surface area contributed by atoms with Crippen LogP contribution in [0.4, 0.5) is 0 Å². The van der Waals surface area contributed by atoms with E-state index in [9.17, 15) is 9.59 Å². The first kappa shape index (κ1) is 11.6. The van der Waals surface area contributed by atoms with Crippen LogP contribution in [0, 0.1) is 0 Å². The summed E-state index contributed by atoms with van der Waals surface area (Å²) in [4.78, 5) is 25.0. The smallest absolute Gasteiger partial charge is 0.195 e. The Hall–Kier alpha value is -2.48. The summed E-state index contributed by atoms with van der Waals surface area (Å²) in [5.41, 5.74) is 2.81. The molecular weight excluding hydrogens is 236 g/mol. The van der Waals surface area contributed by atoms with Crippen molar-refractivity contribution in [1.29, 1.82) is 0 Å². The van der Waals surface area contributed by atoms with Gasteiger partial charge in [0, 0.05) is 22.3 Å². The van der Waals surface area contributed by atoms with Crippen LogP contribution in [-0.4, -0.2) is 11.6 Å². The topological polar surface area (TPSA) is 34.1 Å². The Morgan fingerprint density at radius 2 is 1.42 bits per heavy atom. The Balaban J connectivity index is 2.33. The fraction of sp³-hybridized carbons (Fsp3) is 0.0588. The van der Waals surface area contributed by atoms with E-state index >= 15 is 0 Å². The molecule has 2 heteroatoms. The highest BCUT2D eigenvalue weighted by molar-refractivity contribution is 6.29. The molecule has 0 saturated heterocycles. The van der Waals surface area contributed by atoms with Crippen molar-refractivity contribution in [2.45, 2.75) is 6.92 Å². The number of allylic oxidation sites excluding steroid dienone is 1. The van der Waals surface area contributed by atoms with Gasteiger partial charge in [0.05, 0.1) is 0 Å². The second-order valence-corrected chi connectivity index (χ2v) is 4.47. The van der Waals surface area contributed by atoms with Gasteiger partial charge in [0.25, 0.3) is 0 Å². The summed E-state index contributed by atoms with van der Waals surface area (Å²) in [6.45, 7) is 1.89. The third-order valence-corrected chi connectivity index (χ3v) is 3.33. The molecular formula is C17H12O2. The van der Waals surface area contributed by atoms with Crippen molar-refractivity contribution in [3.8, 4) is 0 Å². The highest BCUT2D eigenvalue weighted by Crippen LogP contribution is 2.29. The van der Waals surface area contributed by atoms with Crippen molar-refractivity contribution in [2.24, 2.45) is 0 Å². The Bertz CT molecular complexity index is 724. The van der Waals surface area contributed by atoms with E-state index in [0.717, 1.165) is 5.56 Å². The monoisotopic (exact) mass is 248 g/mol. The van der Waals surface area contributed by atoms with E-state index < -0.39 is 0 Å². The van der Waals surface area contributed by atoms with Crippen LogP contribution in [0.1, 0.15) is 44.3 Å². The van der Waals surface area contributed by atoms with Gasteiger partial charge in [-0.2, -0.15) is 0 Å². The fourth-order valence-electron chi connectivity index (χ4n) is 2.49. The van der Waals surface area contributed by atoms with Crippen molar-refractivity contribution in [1.82, 2.24) is 0 Å². The summed E-state index contributed by atoms with van der Waals surface area (Å²) in [7, 11) is 0. The number of benzene rings is 2. The van der Waals surface area contributed by atoms with Crippen molar-refractivity contribution in [3.63, 3.8) is 0 Å². The first-order valence-electron chi connectivity index (χ1n) is 6.18. The van der Waals surface area contributed by atoms with Crippen LogP contribution in [0.3, 0.4) is 0 Å². The van der Waals surface area contributed by atoms with Gasteiger partial charge in [-0.05, 0) is 12.5 Å². The minimum absolute atomic E-state index is 0.0705. The zero-order chi connectivity index (χ0) is 13.4. The van der Waals surface area contributed by atoms with Crippen molar-refractivity contribution >= 4 is 17.6 Å². The van der Waals surface area contributed by atoms with Gasteiger partial charge in [-0.3, -0.25) is 9.59 Å². The molecule has 3 rings (SSSR count). The molecule has 0 aromatic heterocycles. The molecule has 2 aromatic carbocycles. The van der Waals surface area contributed by atoms with E-state index in [0.29, 0.717) is 22.3 Å². The lowest BCUT2D eigenvalue weighted by molar-refractivity contribution is 0.0979. The summed E-state index contributed by atoms with van der Waals surface area (Å²) in [6, 6.07) is 12.4. The molecule has 0 amide bonds. The Labute approximate surface area is 111 Å². The van der Waals surface area contributed by atoms with E-state index in [-0.39, 0.29) is 11.6 Å². The molecule has 2 aromatic rings. The van der Waals surface area contributed by atoms with E-state index in [1.165, 1.54) is 0 Å². The predicted molar refractivity (Wildman–Crippen MR) is 74.5 cm³/mol. The SMILES string of the molecule is CC=Cc1cccc2c1C(=O)c1ccccc1C2=O. The van der Waals surface area contributed by atoms with Crippen molar-refractivity contribution in [3.05, 3.63) is 76.4 Å². The third kappa shape index (κ3) is 1.65. The van der Waals surface area contributed by atoms with Crippen LogP contribution in [0.2, 0.25) is 0 Å². The van der Waals surface area contributed by atoms with Gasteiger partial charge in [-0.1, -0.05) is 54.6 Å². The molecule has 0 heterocycles. The normalized spacial score (nSPS) is 13.5. The molecule has 2 nitrogen and oxygen atoms in total. The number of carbonyl (C=O) groups excluding carboxylic acids is 2. The molecule has 92 valence electrons. The van der Waals surface area contributed by atoms with Crippen molar-refractivity contribution in [2.75, 3.05) is 0 Å². The third-order valence-electron chi connectivity index (χ3n) is 3.33. The van der Waals surface area contributed by atoms with Gasteiger partial charge in [-0.25, -0.2) is 0 Å². The van der Waals surface area contributed by atoms with Gasteiger partial charge < -0.3 is 0 Å². The first-order valence-corrected chi connectivity index (χ1v) is 6.18. The van der Waals surface area contributed by atoms with E-state index in [4.69, 9.17) is 0 Å². The molecule has 0 atom stereocenters. The maximum Gasteiger partial charge on any atom is 0.195 e. The lowest BCUT2D eigenvalue weighted by atomic mass is 9.82. The van der Waals surface area contributed by atoms with E-state index in [2.05, 4.69) is 0 Å². The summed E-state index contributed by atoms with van der Waals surface area (Å²) in [6.07, 6.45) is 3.73. The number of fused-ring (bicyclic) bond motifs is 2. The summed E-state index contributed by atoms with van der Waals surface area (Å²) >= 11 is 0. The lowest BCUT2D eigenvalue weighted by Gasteiger charge is -2.18. The van der Waals surface area contributed by atoms with E-state index in [1.54, 1.807) is 30.3 Å². The number of carbonyl (C=O) groups is 2. The van der Waals surface area contributed by atoms with Crippen LogP contribution in [0.15, 0.2) is 48.5 Å². The number of rotatable bonds is 1. The van der Waals surface area contributed by atoms with Gasteiger partial charge in [0.1, 0.15) is 0 Å². The van der Waals surface area contributed by atoms with Crippen LogP contribution in [0.5, 0.6) is 0 Å². The first-order chi connectivity index (χ1) is 9.24. The molecule has 19 heavy (non-hydrogen) atoms. The molecule has 0 bridgehead atoms. The Kier molecular flexibility index (Phi) is 2.64. The largest absolute Gasteiger partial charge is 0.289 e. The summed E-state index contributed by atoms with van der Waals surface area (Å²) in [5, 5.41) is 0. The zero-order valence-corrected chi connectivity index (χ0v) is 10.5. The fourth-order valence-corrected chi connectivity index (χ4v) is 2.49. The molecule has 0 saturated carbocycles. The van der Waals surface area contributed by atoms with E-state index in [1.807, 2.05) is 31.2 Å². The number of hydrogen-bond donors (Lipinski definition) is 0. The lowest BCUT2D eigenvalue weighted by Crippen LogP contribution is -2.21. The highest BCUT2D eigenvalue weighted by Gasteiger charge is 2.30. The quantitative estimate of drug-likeness (QED) is 0.660. The maximum atomic E-state index is 12.6. The molecule has 1 aliphatic rings. The standard InChI is InChI=1S/C17H12O2/c1-2-6-11-7-5-10-14-15(11)17(19)13-9-4-3-8-12(13)16(14)18/h2-10H,1H3. The molecule has 0 unspecified atom stereocenters. The molecule has 1 aliphatic carbocycles. The van der Waals surface area contributed by atoms with Crippen molar-refractivity contribution < 1.29 is 9.59 Å². The van der Waals surface area contributed by atoms with Crippen LogP contribution >= 0.6 is 0 Å². The average Bonchev–Trinajstić information content (AvgIpc) is 2.45. The zero-order valence-electron chi connectivity index (χ0n) is 10.5. The molecule has 0 fully saturated rings. The molecule has 0 spiro atoms. The molecule has 0 N–H and O–H groups in total. The molecule has 0 aliphatic heterocycles. The minimum atomic E-state index is -0.0726. The second kappa shape index (κ2) is 4.32. The van der Waals surface area contributed by atoms with Crippen LogP contribution < -0.4 is 0 Å². The second-order valence-electron chi connectivity index (χ2n) is 4.47. The van der Waals surface area contributed by atoms with Crippen LogP contribution in [0.25, 0.3) is 6.08 Å². The minimum Gasteiger partial charge on any atom is -0.289 e. The molecule has 0 radical (unpaired) electrons. The van der Waals surface area contributed by atoms with Gasteiger partial charge in [-0.15, -0.1) is 0 Å². The number of hydrogen-bond acceptors (Lipinski definition) is 2. The highest BCUT2D eigenvalue weighted by atomic mass is 16.1.